The summed E-state index contributed by atoms with van der Waals surface area (Å²) in [6, 6.07) is 1.92. The fourth-order valence-corrected chi connectivity index (χ4v) is 2.76. The zero-order chi connectivity index (χ0) is 16.4. The number of morpholine rings is 1. The van der Waals surface area contributed by atoms with Crippen molar-refractivity contribution in [3.05, 3.63) is 41.2 Å². The van der Waals surface area contributed by atoms with Crippen molar-refractivity contribution in [3.8, 4) is 0 Å². The van der Waals surface area contributed by atoms with Crippen molar-refractivity contribution < 1.29 is 9.53 Å². The van der Waals surface area contributed by atoms with E-state index in [2.05, 4.69) is 15.1 Å². The molecule has 3 heterocycles. The van der Waals surface area contributed by atoms with Crippen LogP contribution in [0.25, 0.3) is 0 Å². The normalized spacial score (nSPS) is 18.2. The van der Waals surface area contributed by atoms with Crippen LogP contribution in [0.2, 0.25) is 0 Å². The van der Waals surface area contributed by atoms with Gasteiger partial charge in [0.25, 0.3) is 0 Å². The first kappa shape index (κ1) is 15.6. The fraction of sp³-hybridized carbons (Fsp3) is 0.500. The standard InChI is InChI=1S/C16H21N5O2/c1-11-7-17-21(8-11)10-16(22)20-4-5-23-15(9-20)14-6-12(2)18-13(3)19-14/h6-8,15H,4-5,9-10H2,1-3H3. The summed E-state index contributed by atoms with van der Waals surface area (Å²) in [4.78, 5) is 23.0. The molecule has 7 nitrogen and oxygen atoms in total. The molecule has 1 fully saturated rings. The Labute approximate surface area is 135 Å². The molecule has 1 amide bonds. The second kappa shape index (κ2) is 6.45. The number of carbonyl (C=O) groups is 1. The number of aryl methyl sites for hydroxylation is 3. The van der Waals surface area contributed by atoms with Crippen LogP contribution in [0.1, 0.15) is 28.9 Å². The molecule has 122 valence electrons. The smallest absolute Gasteiger partial charge is 0.244 e. The molecule has 23 heavy (non-hydrogen) atoms. The second-order valence-electron chi connectivity index (χ2n) is 5.90. The van der Waals surface area contributed by atoms with Crippen molar-refractivity contribution in [1.29, 1.82) is 0 Å². The number of aromatic nitrogens is 4. The van der Waals surface area contributed by atoms with Gasteiger partial charge >= 0.3 is 0 Å². The minimum absolute atomic E-state index is 0.0453. The number of amides is 1. The molecule has 2 aromatic rings. The van der Waals surface area contributed by atoms with Crippen molar-refractivity contribution in [2.24, 2.45) is 0 Å². The van der Waals surface area contributed by atoms with Gasteiger partial charge in [0.05, 0.1) is 25.0 Å². The highest BCUT2D eigenvalue weighted by Gasteiger charge is 2.26. The quantitative estimate of drug-likeness (QED) is 0.851. The number of rotatable bonds is 3. The maximum atomic E-state index is 12.5. The molecule has 2 aromatic heterocycles. The summed E-state index contributed by atoms with van der Waals surface area (Å²) in [7, 11) is 0. The van der Waals surface area contributed by atoms with Crippen LogP contribution in [0.4, 0.5) is 0 Å². The van der Waals surface area contributed by atoms with Gasteiger partial charge in [0, 0.05) is 18.4 Å². The number of hydrogen-bond acceptors (Lipinski definition) is 5. The molecule has 1 aliphatic heterocycles. The Kier molecular flexibility index (Phi) is 4.38. The third-order valence-electron chi connectivity index (χ3n) is 3.79. The topological polar surface area (TPSA) is 73.1 Å². The van der Waals surface area contributed by atoms with Crippen molar-refractivity contribution in [2.75, 3.05) is 19.7 Å². The predicted molar refractivity (Wildman–Crippen MR) is 83.7 cm³/mol. The first-order valence-electron chi connectivity index (χ1n) is 7.72. The lowest BCUT2D eigenvalue weighted by Gasteiger charge is -2.32. The van der Waals surface area contributed by atoms with Crippen molar-refractivity contribution in [2.45, 2.75) is 33.4 Å². The molecule has 0 aliphatic carbocycles. The summed E-state index contributed by atoms with van der Waals surface area (Å²) in [5.41, 5.74) is 2.79. The van der Waals surface area contributed by atoms with Crippen LogP contribution in [0, 0.1) is 20.8 Å². The molecule has 3 rings (SSSR count). The van der Waals surface area contributed by atoms with E-state index >= 15 is 0 Å². The maximum Gasteiger partial charge on any atom is 0.244 e. The van der Waals surface area contributed by atoms with Gasteiger partial charge in [-0.25, -0.2) is 9.97 Å². The lowest BCUT2D eigenvalue weighted by atomic mass is 10.1. The van der Waals surface area contributed by atoms with Crippen LogP contribution >= 0.6 is 0 Å². The number of nitrogens with zero attached hydrogens (tertiary/aromatic N) is 5. The van der Waals surface area contributed by atoms with Crippen LogP contribution in [0.5, 0.6) is 0 Å². The zero-order valence-electron chi connectivity index (χ0n) is 13.7. The SMILES string of the molecule is Cc1cnn(CC(=O)N2CCOC(c3cc(C)nc(C)n3)C2)c1. The molecule has 0 saturated carbocycles. The Morgan fingerprint density at radius 3 is 2.87 bits per heavy atom. The molecule has 1 unspecified atom stereocenters. The van der Waals surface area contributed by atoms with Crippen molar-refractivity contribution in [3.63, 3.8) is 0 Å². The van der Waals surface area contributed by atoms with Gasteiger partial charge in [-0.3, -0.25) is 9.48 Å². The fourth-order valence-electron chi connectivity index (χ4n) is 2.76. The molecule has 0 radical (unpaired) electrons. The average molecular weight is 315 g/mol. The summed E-state index contributed by atoms with van der Waals surface area (Å²) in [6.45, 7) is 7.62. The zero-order valence-corrected chi connectivity index (χ0v) is 13.7. The van der Waals surface area contributed by atoms with Crippen LogP contribution < -0.4 is 0 Å². The molecule has 0 bridgehead atoms. The van der Waals surface area contributed by atoms with E-state index in [1.807, 2.05) is 37.9 Å². The van der Waals surface area contributed by atoms with E-state index in [1.165, 1.54) is 0 Å². The van der Waals surface area contributed by atoms with E-state index in [4.69, 9.17) is 4.74 Å². The van der Waals surface area contributed by atoms with Gasteiger partial charge in [-0.1, -0.05) is 0 Å². The number of hydrogen-bond donors (Lipinski definition) is 0. The highest BCUT2D eigenvalue weighted by molar-refractivity contribution is 5.76. The largest absolute Gasteiger partial charge is 0.368 e. The van der Waals surface area contributed by atoms with Gasteiger partial charge < -0.3 is 9.64 Å². The molecule has 0 aromatic carbocycles. The first-order valence-corrected chi connectivity index (χ1v) is 7.72. The Bertz CT molecular complexity index is 692. The third kappa shape index (κ3) is 3.73. The number of carbonyl (C=O) groups excluding carboxylic acids is 1. The lowest BCUT2D eigenvalue weighted by Crippen LogP contribution is -2.44. The molecule has 0 spiro atoms. The van der Waals surface area contributed by atoms with E-state index in [9.17, 15) is 4.79 Å². The number of ether oxygens (including phenoxy) is 1. The van der Waals surface area contributed by atoms with Crippen molar-refractivity contribution in [1.82, 2.24) is 24.6 Å². The summed E-state index contributed by atoms with van der Waals surface area (Å²) in [6.07, 6.45) is 3.42. The second-order valence-corrected chi connectivity index (χ2v) is 5.90. The van der Waals surface area contributed by atoms with Gasteiger partial charge in [-0.05, 0) is 32.4 Å². The Hall–Kier alpha value is -2.28. The predicted octanol–water partition coefficient (Wildman–Crippen LogP) is 1.20. The lowest BCUT2D eigenvalue weighted by molar-refractivity contribution is -0.140. The minimum atomic E-state index is -0.201. The van der Waals surface area contributed by atoms with E-state index in [1.54, 1.807) is 10.9 Å². The van der Waals surface area contributed by atoms with Crippen LogP contribution in [0.15, 0.2) is 18.5 Å². The van der Waals surface area contributed by atoms with Gasteiger partial charge in [-0.15, -0.1) is 0 Å². The average Bonchev–Trinajstić information content (AvgIpc) is 2.91. The molecular formula is C16H21N5O2. The molecule has 1 aliphatic rings. The van der Waals surface area contributed by atoms with E-state index < -0.39 is 0 Å². The molecule has 0 N–H and O–H groups in total. The van der Waals surface area contributed by atoms with Crippen LogP contribution in [-0.2, 0) is 16.1 Å². The Balaban J connectivity index is 1.69. The van der Waals surface area contributed by atoms with E-state index in [0.29, 0.717) is 19.7 Å². The van der Waals surface area contributed by atoms with Gasteiger partial charge in [-0.2, -0.15) is 5.10 Å². The highest BCUT2D eigenvalue weighted by atomic mass is 16.5. The third-order valence-corrected chi connectivity index (χ3v) is 3.79. The Morgan fingerprint density at radius 2 is 2.17 bits per heavy atom. The monoisotopic (exact) mass is 315 g/mol. The Morgan fingerprint density at radius 1 is 1.35 bits per heavy atom. The molecule has 7 heteroatoms. The highest BCUT2D eigenvalue weighted by Crippen LogP contribution is 2.21. The summed E-state index contributed by atoms with van der Waals surface area (Å²) < 4.78 is 7.47. The summed E-state index contributed by atoms with van der Waals surface area (Å²) >= 11 is 0. The summed E-state index contributed by atoms with van der Waals surface area (Å²) in [5.74, 6) is 0.767. The first-order chi connectivity index (χ1) is 11.0. The van der Waals surface area contributed by atoms with Gasteiger partial charge in [0.15, 0.2) is 0 Å². The van der Waals surface area contributed by atoms with Crippen LogP contribution in [-0.4, -0.2) is 50.3 Å². The minimum Gasteiger partial charge on any atom is -0.368 e. The van der Waals surface area contributed by atoms with E-state index in [0.717, 1.165) is 22.8 Å². The van der Waals surface area contributed by atoms with E-state index in [-0.39, 0.29) is 18.6 Å². The van der Waals surface area contributed by atoms with Crippen LogP contribution in [0.3, 0.4) is 0 Å². The van der Waals surface area contributed by atoms with Gasteiger partial charge in [0.1, 0.15) is 18.5 Å². The molecule has 1 saturated heterocycles. The molecule has 1 atom stereocenters. The van der Waals surface area contributed by atoms with Gasteiger partial charge in [0.2, 0.25) is 5.91 Å². The summed E-state index contributed by atoms with van der Waals surface area (Å²) in [5, 5.41) is 4.17. The van der Waals surface area contributed by atoms with Crippen molar-refractivity contribution >= 4 is 5.91 Å². The molecular weight excluding hydrogens is 294 g/mol. The maximum absolute atomic E-state index is 12.5.